The molecule has 2 unspecified atom stereocenters. The molecule has 2 heterocycles. The fraction of sp³-hybridized carbons (Fsp3) is 0.300. The van der Waals surface area contributed by atoms with E-state index in [1.807, 2.05) is 0 Å². The van der Waals surface area contributed by atoms with E-state index in [0.717, 1.165) is 0 Å². The molecule has 0 amide bonds. The topological polar surface area (TPSA) is 60.5 Å². The van der Waals surface area contributed by atoms with Gasteiger partial charge in [-0.25, -0.2) is 18.2 Å². The van der Waals surface area contributed by atoms with E-state index in [2.05, 4.69) is 21.8 Å². The van der Waals surface area contributed by atoms with Gasteiger partial charge >= 0.3 is 0 Å². The molecule has 1 aromatic carbocycles. The van der Waals surface area contributed by atoms with E-state index in [9.17, 15) is 13.2 Å². The minimum absolute atomic E-state index is 0.180. The molecule has 1 aliphatic carbocycles. The first-order valence-corrected chi connectivity index (χ1v) is 8.44. The summed E-state index contributed by atoms with van der Waals surface area (Å²) in [6.07, 6.45) is 0.165. The fourth-order valence-electron chi connectivity index (χ4n) is 3.62. The van der Waals surface area contributed by atoms with Crippen molar-refractivity contribution >= 4 is 6.02 Å². The maximum Gasteiger partial charge on any atom is 0.283 e. The lowest BCUT2D eigenvalue weighted by molar-refractivity contribution is 0.0177. The Hall–Kier alpha value is -3.01. The van der Waals surface area contributed by atoms with E-state index in [-0.39, 0.29) is 11.6 Å². The Bertz CT molecular complexity index is 995. The monoisotopic (exact) mass is 371 g/mol. The number of nitrogens with zero attached hydrogens (tertiary/aromatic N) is 2. The van der Waals surface area contributed by atoms with Crippen molar-refractivity contribution in [3.63, 3.8) is 0 Å². The van der Waals surface area contributed by atoms with Gasteiger partial charge in [-0.15, -0.1) is 5.92 Å². The first-order chi connectivity index (χ1) is 13.0. The number of amidine groups is 1. The van der Waals surface area contributed by atoms with Gasteiger partial charge in [0.25, 0.3) is 12.4 Å². The number of hydrogen-bond acceptors (Lipinski definition) is 4. The van der Waals surface area contributed by atoms with Crippen LogP contribution in [0.4, 0.5) is 13.2 Å². The Morgan fingerprint density at radius 2 is 2.07 bits per heavy atom. The second-order valence-electron chi connectivity index (χ2n) is 6.61. The van der Waals surface area contributed by atoms with Gasteiger partial charge in [0.15, 0.2) is 5.54 Å². The Kier molecular flexibility index (Phi) is 4.06. The van der Waals surface area contributed by atoms with Crippen LogP contribution < -0.4 is 5.73 Å². The maximum absolute atomic E-state index is 14.7. The molecular formula is C20H16F3N3O. The van der Waals surface area contributed by atoms with Crippen molar-refractivity contribution in [3.05, 3.63) is 53.6 Å². The van der Waals surface area contributed by atoms with E-state index in [4.69, 9.17) is 10.5 Å². The number of aromatic nitrogens is 1. The molecule has 1 fully saturated rings. The van der Waals surface area contributed by atoms with Crippen molar-refractivity contribution in [2.75, 3.05) is 0 Å². The van der Waals surface area contributed by atoms with Crippen LogP contribution in [0.5, 0.6) is 0 Å². The minimum atomic E-state index is -2.92. The van der Waals surface area contributed by atoms with Crippen molar-refractivity contribution < 1.29 is 17.9 Å². The van der Waals surface area contributed by atoms with Gasteiger partial charge in [-0.3, -0.25) is 4.98 Å². The van der Waals surface area contributed by atoms with Gasteiger partial charge in [-0.05, 0) is 37.1 Å². The van der Waals surface area contributed by atoms with Crippen LogP contribution in [0.1, 0.15) is 24.5 Å². The van der Waals surface area contributed by atoms with Crippen molar-refractivity contribution in [2.24, 2.45) is 16.6 Å². The van der Waals surface area contributed by atoms with Crippen LogP contribution in [-0.2, 0) is 10.3 Å². The lowest BCUT2D eigenvalue weighted by Crippen LogP contribution is -2.43. The fourth-order valence-corrected chi connectivity index (χ4v) is 3.62. The molecule has 3 atom stereocenters. The lowest BCUT2D eigenvalue weighted by atomic mass is 9.83. The predicted octanol–water partition coefficient (Wildman–Crippen LogP) is 3.45. The SMILES string of the molecule is CC#Cc1cncc(-c2ccc(F)c([C@]3(C(F)F)N=C(N)OC4CC43)c2)c1. The van der Waals surface area contributed by atoms with Crippen molar-refractivity contribution in [1.29, 1.82) is 0 Å². The third-order valence-corrected chi connectivity index (χ3v) is 4.94. The summed E-state index contributed by atoms with van der Waals surface area (Å²) in [6, 6.07) is 5.54. The average Bonchev–Trinajstić information content (AvgIpc) is 3.41. The standard InChI is InChI=1S/C20H16F3N3O/c1-2-3-11-6-13(10-25-9-11)12-4-5-16(21)14(7-12)20(18(22)23)15-8-17(15)27-19(24)26-20/h4-7,9-10,15,17-18H,8H2,1H3,(H2,24,26)/t15?,17?,20-/m0/s1. The molecule has 2 aromatic rings. The van der Waals surface area contributed by atoms with Crippen LogP contribution in [0.2, 0.25) is 0 Å². The number of hydrogen-bond donors (Lipinski definition) is 1. The van der Waals surface area contributed by atoms with Crippen LogP contribution in [0, 0.1) is 23.6 Å². The van der Waals surface area contributed by atoms with Crippen LogP contribution in [-0.4, -0.2) is 23.5 Å². The number of fused-ring (bicyclic) bond motifs is 1. The third kappa shape index (κ3) is 2.81. The summed E-state index contributed by atoms with van der Waals surface area (Å²) in [4.78, 5) is 8.01. The number of aliphatic imine (C=N–C) groups is 1. The number of halogens is 3. The van der Waals surface area contributed by atoms with Crippen molar-refractivity contribution in [1.82, 2.24) is 4.98 Å². The van der Waals surface area contributed by atoms with Gasteiger partial charge < -0.3 is 10.5 Å². The molecule has 0 radical (unpaired) electrons. The quantitative estimate of drug-likeness (QED) is 0.841. The van der Waals surface area contributed by atoms with Gasteiger partial charge in [-0.2, -0.15) is 0 Å². The Morgan fingerprint density at radius 1 is 1.26 bits per heavy atom. The van der Waals surface area contributed by atoms with Crippen molar-refractivity contribution in [3.8, 4) is 23.0 Å². The largest absolute Gasteiger partial charge is 0.462 e. The van der Waals surface area contributed by atoms with E-state index in [0.29, 0.717) is 23.1 Å². The number of rotatable bonds is 3. The second-order valence-corrected chi connectivity index (χ2v) is 6.61. The van der Waals surface area contributed by atoms with E-state index >= 15 is 0 Å². The molecule has 27 heavy (non-hydrogen) atoms. The molecule has 0 saturated heterocycles. The summed E-state index contributed by atoms with van der Waals surface area (Å²) in [5.41, 5.74) is 5.26. The number of nitrogens with two attached hydrogens (primary N) is 1. The summed E-state index contributed by atoms with van der Waals surface area (Å²) >= 11 is 0. The normalized spacial score (nSPS) is 25.7. The molecule has 2 aliphatic rings. The van der Waals surface area contributed by atoms with Crippen LogP contribution in [0.25, 0.3) is 11.1 Å². The average molecular weight is 371 g/mol. The summed E-state index contributed by atoms with van der Waals surface area (Å²) in [6.45, 7) is 1.70. The number of ether oxygens (including phenoxy) is 1. The van der Waals surface area contributed by atoms with Crippen LogP contribution in [0.3, 0.4) is 0 Å². The summed E-state index contributed by atoms with van der Waals surface area (Å²) < 4.78 is 48.3. The lowest BCUT2D eigenvalue weighted by Gasteiger charge is -2.33. The molecule has 2 N–H and O–H groups in total. The molecule has 4 rings (SSSR count). The number of benzene rings is 1. The highest BCUT2D eigenvalue weighted by molar-refractivity contribution is 5.74. The highest BCUT2D eigenvalue weighted by Gasteiger charge is 2.64. The summed E-state index contributed by atoms with van der Waals surface area (Å²) in [5.74, 6) is 4.31. The second kappa shape index (κ2) is 6.31. The van der Waals surface area contributed by atoms with Gasteiger partial charge in [0.2, 0.25) is 0 Å². The maximum atomic E-state index is 14.7. The van der Waals surface area contributed by atoms with E-state index in [1.165, 1.54) is 18.2 Å². The summed E-state index contributed by atoms with van der Waals surface area (Å²) in [5, 5.41) is 0. The van der Waals surface area contributed by atoms with Crippen LogP contribution in [0.15, 0.2) is 41.7 Å². The van der Waals surface area contributed by atoms with Gasteiger partial charge in [-0.1, -0.05) is 12.0 Å². The molecular weight excluding hydrogens is 355 g/mol. The zero-order valence-corrected chi connectivity index (χ0v) is 14.4. The molecule has 138 valence electrons. The highest BCUT2D eigenvalue weighted by atomic mass is 19.3. The van der Waals surface area contributed by atoms with Gasteiger partial charge in [0, 0.05) is 35.0 Å². The Labute approximate surface area is 154 Å². The molecule has 1 saturated carbocycles. The first-order valence-electron chi connectivity index (χ1n) is 8.44. The molecule has 0 spiro atoms. The molecule has 7 heteroatoms. The number of pyridine rings is 1. The molecule has 4 nitrogen and oxygen atoms in total. The van der Waals surface area contributed by atoms with Crippen LogP contribution >= 0.6 is 0 Å². The predicted molar refractivity (Wildman–Crippen MR) is 94.5 cm³/mol. The Morgan fingerprint density at radius 3 is 2.81 bits per heavy atom. The smallest absolute Gasteiger partial charge is 0.283 e. The highest BCUT2D eigenvalue weighted by Crippen LogP contribution is 2.56. The van der Waals surface area contributed by atoms with E-state index < -0.39 is 29.8 Å². The zero-order chi connectivity index (χ0) is 19.2. The molecule has 1 aliphatic heterocycles. The van der Waals surface area contributed by atoms with Crippen molar-refractivity contribution in [2.45, 2.75) is 31.4 Å². The summed E-state index contributed by atoms with van der Waals surface area (Å²) in [7, 11) is 0. The number of alkyl halides is 2. The molecule has 1 aromatic heterocycles. The third-order valence-electron chi connectivity index (χ3n) is 4.94. The zero-order valence-electron chi connectivity index (χ0n) is 14.4. The minimum Gasteiger partial charge on any atom is -0.462 e. The van der Waals surface area contributed by atoms with Gasteiger partial charge in [0.1, 0.15) is 11.9 Å². The molecule has 0 bridgehead atoms. The van der Waals surface area contributed by atoms with Gasteiger partial charge in [0.05, 0.1) is 0 Å². The first kappa shape index (κ1) is 17.4. The van der Waals surface area contributed by atoms with E-state index in [1.54, 1.807) is 25.4 Å². The Balaban J connectivity index is 1.86.